The number of nitrogens with zero attached hydrogens (tertiary/aromatic N) is 2. The number of aromatic nitrogens is 1. The van der Waals surface area contributed by atoms with Crippen LogP contribution in [-0.2, 0) is 13.1 Å². The second kappa shape index (κ2) is 8.25. The summed E-state index contributed by atoms with van der Waals surface area (Å²) >= 11 is 0. The van der Waals surface area contributed by atoms with Gasteiger partial charge < -0.3 is 10.2 Å². The van der Waals surface area contributed by atoms with Crippen molar-refractivity contribution in [1.29, 1.82) is 0 Å². The van der Waals surface area contributed by atoms with Gasteiger partial charge in [0.2, 0.25) is 0 Å². The molecule has 4 nitrogen and oxygen atoms in total. The smallest absolute Gasteiger partial charge is 0.270 e. The van der Waals surface area contributed by atoms with E-state index in [2.05, 4.69) is 27.3 Å². The van der Waals surface area contributed by atoms with Crippen LogP contribution >= 0.6 is 0 Å². The Kier molecular flexibility index (Phi) is 5.59. The molecule has 0 saturated heterocycles. The van der Waals surface area contributed by atoms with Crippen molar-refractivity contribution in [2.24, 2.45) is 0 Å². The Morgan fingerprint density at radius 1 is 1.00 bits per heavy atom. The number of halogens is 1. The van der Waals surface area contributed by atoms with E-state index in [9.17, 15) is 9.18 Å². The molecule has 1 N–H and O–H groups in total. The number of amides is 1. The fraction of sp³-hybridized carbons (Fsp3) is 0.143. The lowest BCUT2D eigenvalue weighted by molar-refractivity contribution is 0.0946. The number of benzene rings is 2. The summed E-state index contributed by atoms with van der Waals surface area (Å²) in [6.45, 7) is 1.09. The third-order valence-corrected chi connectivity index (χ3v) is 4.05. The van der Waals surface area contributed by atoms with E-state index in [4.69, 9.17) is 0 Å². The molecule has 2 aromatic carbocycles. The normalized spacial score (nSPS) is 10.4. The van der Waals surface area contributed by atoms with Gasteiger partial charge in [0.15, 0.2) is 0 Å². The Bertz CT molecular complexity index is 849. The number of rotatable bonds is 6. The number of hydrogen-bond acceptors (Lipinski definition) is 3. The maximum Gasteiger partial charge on any atom is 0.270 e. The summed E-state index contributed by atoms with van der Waals surface area (Å²) in [4.78, 5) is 18.5. The van der Waals surface area contributed by atoms with Gasteiger partial charge in [-0.2, -0.15) is 0 Å². The first-order valence-electron chi connectivity index (χ1n) is 8.35. The molecule has 5 heteroatoms. The zero-order valence-corrected chi connectivity index (χ0v) is 14.5. The molecule has 0 spiro atoms. The number of carbonyl (C=O) groups excluding carboxylic acids is 1. The van der Waals surface area contributed by atoms with Crippen molar-refractivity contribution in [2.75, 3.05) is 11.9 Å². The van der Waals surface area contributed by atoms with Crippen LogP contribution in [0.4, 0.5) is 10.1 Å². The van der Waals surface area contributed by atoms with E-state index >= 15 is 0 Å². The highest BCUT2D eigenvalue weighted by Gasteiger charge is 2.09. The summed E-state index contributed by atoms with van der Waals surface area (Å²) in [5.41, 5.74) is 3.32. The minimum atomic E-state index is -0.294. The van der Waals surface area contributed by atoms with Crippen LogP contribution < -0.4 is 10.2 Å². The van der Waals surface area contributed by atoms with Crippen molar-refractivity contribution in [1.82, 2.24) is 10.3 Å². The van der Waals surface area contributed by atoms with Crippen LogP contribution in [-0.4, -0.2) is 17.9 Å². The monoisotopic (exact) mass is 349 g/mol. The van der Waals surface area contributed by atoms with Crippen LogP contribution in [0.3, 0.4) is 0 Å². The summed E-state index contributed by atoms with van der Waals surface area (Å²) in [6.07, 6.45) is 1.69. The van der Waals surface area contributed by atoms with E-state index in [1.807, 2.05) is 31.3 Å². The summed E-state index contributed by atoms with van der Waals surface area (Å²) in [5, 5.41) is 2.79. The van der Waals surface area contributed by atoms with E-state index in [1.54, 1.807) is 24.4 Å². The Morgan fingerprint density at radius 3 is 2.38 bits per heavy atom. The molecule has 1 amide bonds. The fourth-order valence-electron chi connectivity index (χ4n) is 2.57. The Balaban J connectivity index is 1.57. The van der Waals surface area contributed by atoms with E-state index in [0.29, 0.717) is 12.2 Å². The first-order valence-corrected chi connectivity index (χ1v) is 8.35. The Hall–Kier alpha value is -3.21. The van der Waals surface area contributed by atoms with Crippen LogP contribution in [0, 0.1) is 5.82 Å². The van der Waals surface area contributed by atoms with Gasteiger partial charge in [-0.1, -0.05) is 42.5 Å². The number of hydrogen-bond donors (Lipinski definition) is 1. The Labute approximate surface area is 152 Å². The molecule has 26 heavy (non-hydrogen) atoms. The molecule has 1 aromatic heterocycles. The highest BCUT2D eigenvalue weighted by molar-refractivity contribution is 5.92. The van der Waals surface area contributed by atoms with Crippen LogP contribution in [0.1, 0.15) is 21.6 Å². The van der Waals surface area contributed by atoms with Crippen LogP contribution in [0.5, 0.6) is 0 Å². The van der Waals surface area contributed by atoms with Crippen molar-refractivity contribution < 1.29 is 9.18 Å². The first kappa shape index (κ1) is 17.6. The average molecular weight is 349 g/mol. The van der Waals surface area contributed by atoms with E-state index < -0.39 is 0 Å². The second-order valence-electron chi connectivity index (χ2n) is 6.05. The van der Waals surface area contributed by atoms with Gasteiger partial charge in [-0.05, 0) is 35.4 Å². The molecule has 3 rings (SSSR count). The minimum absolute atomic E-state index is 0.258. The van der Waals surface area contributed by atoms with Gasteiger partial charge in [-0.3, -0.25) is 4.79 Å². The predicted octanol–water partition coefficient (Wildman–Crippen LogP) is 3.79. The Morgan fingerprint density at radius 2 is 1.73 bits per heavy atom. The lowest BCUT2D eigenvalue weighted by Gasteiger charge is -2.19. The van der Waals surface area contributed by atoms with Gasteiger partial charge in [0.1, 0.15) is 11.5 Å². The van der Waals surface area contributed by atoms with Gasteiger partial charge in [0.05, 0.1) is 11.9 Å². The molecule has 0 bridgehead atoms. The summed E-state index contributed by atoms with van der Waals surface area (Å²) < 4.78 is 12.9. The number of carbonyl (C=O) groups is 1. The molecular weight excluding hydrogens is 329 g/mol. The first-order chi connectivity index (χ1) is 12.6. The van der Waals surface area contributed by atoms with Gasteiger partial charge >= 0.3 is 0 Å². The molecule has 3 aromatic rings. The van der Waals surface area contributed by atoms with E-state index in [1.165, 1.54) is 17.7 Å². The van der Waals surface area contributed by atoms with E-state index in [0.717, 1.165) is 17.8 Å². The third kappa shape index (κ3) is 4.66. The quantitative estimate of drug-likeness (QED) is 0.736. The number of anilines is 1. The third-order valence-electron chi connectivity index (χ3n) is 4.05. The maximum atomic E-state index is 12.9. The second-order valence-corrected chi connectivity index (χ2v) is 6.05. The van der Waals surface area contributed by atoms with E-state index in [-0.39, 0.29) is 11.7 Å². The van der Waals surface area contributed by atoms with Gasteiger partial charge in [0.25, 0.3) is 5.91 Å². The molecule has 0 radical (unpaired) electrons. The zero-order chi connectivity index (χ0) is 18.4. The molecule has 1 heterocycles. The number of nitrogens with one attached hydrogen (secondary N) is 1. The largest absolute Gasteiger partial charge is 0.369 e. The number of pyridine rings is 1. The maximum absolute atomic E-state index is 12.9. The predicted molar refractivity (Wildman–Crippen MR) is 100 cm³/mol. The van der Waals surface area contributed by atoms with Crippen LogP contribution in [0.25, 0.3) is 0 Å². The standard InChI is InChI=1S/C21H20FN3O/c1-25(15-17-5-3-2-4-6-17)19-11-12-20(23-14-19)21(26)24-13-16-7-9-18(22)10-8-16/h2-12,14H,13,15H2,1H3,(H,24,26). The SMILES string of the molecule is CN(Cc1ccccc1)c1ccc(C(=O)NCc2ccc(F)cc2)nc1. The van der Waals surface area contributed by atoms with Crippen molar-refractivity contribution >= 4 is 11.6 Å². The molecule has 0 atom stereocenters. The van der Waals surface area contributed by atoms with Crippen molar-refractivity contribution in [2.45, 2.75) is 13.1 Å². The molecule has 0 unspecified atom stereocenters. The van der Waals surface area contributed by atoms with Gasteiger partial charge in [-0.15, -0.1) is 0 Å². The summed E-state index contributed by atoms with van der Waals surface area (Å²) in [7, 11) is 1.98. The summed E-state index contributed by atoms with van der Waals surface area (Å²) in [6, 6.07) is 19.8. The zero-order valence-electron chi connectivity index (χ0n) is 14.5. The van der Waals surface area contributed by atoms with Crippen LogP contribution in [0.2, 0.25) is 0 Å². The summed E-state index contributed by atoms with van der Waals surface area (Å²) in [5.74, 6) is -0.552. The molecular formula is C21H20FN3O. The highest BCUT2D eigenvalue weighted by Crippen LogP contribution is 2.14. The van der Waals surface area contributed by atoms with Gasteiger partial charge in [-0.25, -0.2) is 9.37 Å². The van der Waals surface area contributed by atoms with Gasteiger partial charge in [0, 0.05) is 20.1 Å². The lowest BCUT2D eigenvalue weighted by atomic mass is 10.2. The van der Waals surface area contributed by atoms with Crippen molar-refractivity contribution in [3.8, 4) is 0 Å². The lowest BCUT2D eigenvalue weighted by Crippen LogP contribution is -2.24. The topological polar surface area (TPSA) is 45.2 Å². The molecule has 0 fully saturated rings. The highest BCUT2D eigenvalue weighted by atomic mass is 19.1. The molecule has 0 aliphatic carbocycles. The fourth-order valence-corrected chi connectivity index (χ4v) is 2.57. The average Bonchev–Trinajstić information content (AvgIpc) is 2.68. The molecule has 0 saturated carbocycles. The van der Waals surface area contributed by atoms with Crippen LogP contribution in [0.15, 0.2) is 72.9 Å². The van der Waals surface area contributed by atoms with Crippen molar-refractivity contribution in [3.05, 3.63) is 95.6 Å². The molecule has 0 aliphatic rings. The minimum Gasteiger partial charge on any atom is -0.369 e. The molecule has 0 aliphatic heterocycles. The van der Waals surface area contributed by atoms with Crippen molar-refractivity contribution in [3.63, 3.8) is 0 Å². The molecule has 132 valence electrons.